The Morgan fingerprint density at radius 3 is 2.65 bits per heavy atom. The highest BCUT2D eigenvalue weighted by atomic mass is 32.1. The van der Waals surface area contributed by atoms with Crippen molar-refractivity contribution >= 4 is 28.7 Å². The molecular weight excluding hydrogens is 352 g/mol. The smallest absolute Gasteiger partial charge is 0.269 e. The van der Waals surface area contributed by atoms with E-state index in [0.717, 1.165) is 37.4 Å². The molecule has 2 unspecified atom stereocenters. The van der Waals surface area contributed by atoms with E-state index in [2.05, 4.69) is 10.2 Å². The summed E-state index contributed by atoms with van der Waals surface area (Å²) < 4.78 is 1.89. The van der Waals surface area contributed by atoms with Gasteiger partial charge in [-0.15, -0.1) is 0 Å². The molecule has 8 heteroatoms. The molecule has 1 N–H and O–H groups in total. The van der Waals surface area contributed by atoms with E-state index in [0.29, 0.717) is 11.0 Å². The number of hydrogen-bond donors (Lipinski definition) is 1. The Labute approximate surface area is 155 Å². The molecule has 0 aliphatic carbocycles. The minimum absolute atomic E-state index is 0.0519. The minimum atomic E-state index is -0.423. The van der Waals surface area contributed by atoms with Crippen molar-refractivity contribution in [1.82, 2.24) is 9.47 Å². The van der Waals surface area contributed by atoms with E-state index in [4.69, 9.17) is 12.2 Å². The number of likely N-dealkylation sites (tertiary alicyclic amines) is 1. The van der Waals surface area contributed by atoms with E-state index >= 15 is 0 Å². The number of rotatable bonds is 2. The zero-order chi connectivity index (χ0) is 18.3. The van der Waals surface area contributed by atoms with E-state index in [1.165, 1.54) is 12.1 Å². The van der Waals surface area contributed by atoms with Crippen LogP contribution in [0.1, 0.15) is 18.0 Å². The van der Waals surface area contributed by atoms with Crippen molar-refractivity contribution in [3.8, 4) is 0 Å². The van der Waals surface area contributed by atoms with Gasteiger partial charge in [-0.2, -0.15) is 0 Å². The lowest BCUT2D eigenvalue weighted by atomic mass is 9.83. The summed E-state index contributed by atoms with van der Waals surface area (Å²) in [6.45, 7) is 2.29. The highest BCUT2D eigenvalue weighted by Crippen LogP contribution is 2.35. The maximum Gasteiger partial charge on any atom is 0.269 e. The van der Waals surface area contributed by atoms with Gasteiger partial charge < -0.3 is 14.8 Å². The summed E-state index contributed by atoms with van der Waals surface area (Å²) in [6.07, 6.45) is 1.07. The Hall–Kier alpha value is -2.74. The van der Waals surface area contributed by atoms with E-state index < -0.39 is 4.92 Å². The molecular formula is C18H18N4O3S. The molecule has 26 heavy (non-hydrogen) atoms. The molecule has 2 aliphatic heterocycles. The van der Waals surface area contributed by atoms with Gasteiger partial charge in [0.15, 0.2) is 5.11 Å². The van der Waals surface area contributed by atoms with E-state index in [1.807, 2.05) is 16.7 Å². The number of non-ortho nitro benzene ring substituents is 1. The fourth-order valence-electron chi connectivity index (χ4n) is 3.93. The van der Waals surface area contributed by atoms with E-state index in [9.17, 15) is 14.9 Å². The summed E-state index contributed by atoms with van der Waals surface area (Å²) in [7, 11) is 0. The first-order valence-corrected chi connectivity index (χ1v) is 8.92. The van der Waals surface area contributed by atoms with Crippen molar-refractivity contribution in [2.75, 3.05) is 18.4 Å². The minimum Gasteiger partial charge on any atom is -0.348 e. The third-order valence-electron chi connectivity index (χ3n) is 5.10. The number of benzene rings is 1. The SMILES string of the molecule is O=c1cccc2n1CC1CC2CN(C(=S)Nc2ccc([N+](=O)[O-])cc2)C1. The van der Waals surface area contributed by atoms with Crippen molar-refractivity contribution < 1.29 is 4.92 Å². The number of nitro groups is 1. The van der Waals surface area contributed by atoms with E-state index in [-0.39, 0.29) is 17.2 Å². The van der Waals surface area contributed by atoms with Crippen molar-refractivity contribution in [2.45, 2.75) is 18.9 Å². The number of aromatic nitrogens is 1. The van der Waals surface area contributed by atoms with Crippen LogP contribution in [0.2, 0.25) is 0 Å². The lowest BCUT2D eigenvalue weighted by Gasteiger charge is -2.43. The summed E-state index contributed by atoms with van der Waals surface area (Å²) >= 11 is 5.56. The molecule has 2 aliphatic rings. The Balaban J connectivity index is 1.49. The third-order valence-corrected chi connectivity index (χ3v) is 5.46. The molecule has 2 aromatic rings. The quantitative estimate of drug-likeness (QED) is 0.497. The van der Waals surface area contributed by atoms with Crippen LogP contribution in [0, 0.1) is 16.0 Å². The summed E-state index contributed by atoms with van der Waals surface area (Å²) in [5.41, 5.74) is 1.93. The average Bonchev–Trinajstić information content (AvgIpc) is 2.63. The average molecular weight is 370 g/mol. The monoisotopic (exact) mass is 370 g/mol. The third kappa shape index (κ3) is 3.08. The Morgan fingerprint density at radius 1 is 1.15 bits per heavy atom. The zero-order valence-corrected chi connectivity index (χ0v) is 14.8. The molecule has 2 bridgehead atoms. The van der Waals surface area contributed by atoms with Crippen molar-refractivity contribution in [3.05, 3.63) is 68.6 Å². The molecule has 1 saturated heterocycles. The predicted molar refractivity (Wildman–Crippen MR) is 102 cm³/mol. The first kappa shape index (κ1) is 16.7. The number of nitrogens with zero attached hydrogens (tertiary/aromatic N) is 3. The van der Waals surface area contributed by atoms with E-state index in [1.54, 1.807) is 18.2 Å². The van der Waals surface area contributed by atoms with Crippen LogP contribution in [0.5, 0.6) is 0 Å². The van der Waals surface area contributed by atoms with Crippen LogP contribution in [0.4, 0.5) is 11.4 Å². The van der Waals surface area contributed by atoms with Crippen molar-refractivity contribution in [3.63, 3.8) is 0 Å². The standard InChI is InChI=1S/C18H18N4O3S/c23-17-3-1-2-16-13-8-12(10-21(16)17)9-20(11-13)18(26)19-14-4-6-15(7-5-14)22(24)25/h1-7,12-13H,8-11H2,(H,19,26). The van der Waals surface area contributed by atoms with Crippen LogP contribution in [-0.4, -0.2) is 32.6 Å². The number of nitro benzene ring substituents is 1. The molecule has 0 amide bonds. The zero-order valence-electron chi connectivity index (χ0n) is 14.0. The molecule has 2 atom stereocenters. The maximum atomic E-state index is 12.1. The van der Waals surface area contributed by atoms with Gasteiger partial charge in [0.05, 0.1) is 4.92 Å². The van der Waals surface area contributed by atoms with Gasteiger partial charge in [-0.25, -0.2) is 0 Å². The highest BCUT2D eigenvalue weighted by Gasteiger charge is 2.35. The molecule has 3 heterocycles. The fourth-order valence-corrected chi connectivity index (χ4v) is 4.20. The highest BCUT2D eigenvalue weighted by molar-refractivity contribution is 7.80. The molecule has 1 fully saturated rings. The topological polar surface area (TPSA) is 80.4 Å². The molecule has 1 aromatic heterocycles. The molecule has 0 spiro atoms. The largest absolute Gasteiger partial charge is 0.348 e. The van der Waals surface area contributed by atoms with Gasteiger partial charge >= 0.3 is 0 Å². The number of anilines is 1. The van der Waals surface area contributed by atoms with Crippen LogP contribution >= 0.6 is 12.2 Å². The number of pyridine rings is 1. The van der Waals surface area contributed by atoms with Gasteiger partial charge in [0, 0.05) is 55.1 Å². The second-order valence-electron chi connectivity index (χ2n) is 6.84. The fraction of sp³-hybridized carbons (Fsp3) is 0.333. The summed E-state index contributed by atoms with van der Waals surface area (Å²) in [5.74, 6) is 0.672. The summed E-state index contributed by atoms with van der Waals surface area (Å²) in [6, 6.07) is 11.7. The second-order valence-corrected chi connectivity index (χ2v) is 7.22. The first-order chi connectivity index (χ1) is 12.5. The van der Waals surface area contributed by atoms with Crippen LogP contribution in [0.25, 0.3) is 0 Å². The van der Waals surface area contributed by atoms with Crippen LogP contribution in [-0.2, 0) is 6.54 Å². The van der Waals surface area contributed by atoms with Gasteiger partial charge in [0.1, 0.15) is 0 Å². The predicted octanol–water partition coefficient (Wildman–Crippen LogP) is 2.57. The number of fused-ring (bicyclic) bond motifs is 4. The summed E-state index contributed by atoms with van der Waals surface area (Å²) in [5, 5.41) is 14.5. The molecule has 0 radical (unpaired) electrons. The Bertz CT molecular complexity index is 925. The number of nitrogens with one attached hydrogen (secondary N) is 1. The normalized spacial score (nSPS) is 21.0. The van der Waals surface area contributed by atoms with Gasteiger partial charge in [0.25, 0.3) is 11.2 Å². The van der Waals surface area contributed by atoms with Crippen molar-refractivity contribution in [2.24, 2.45) is 5.92 Å². The maximum absolute atomic E-state index is 12.1. The Kier molecular flexibility index (Phi) is 4.20. The molecule has 4 rings (SSSR count). The van der Waals surface area contributed by atoms with Gasteiger partial charge in [-0.1, -0.05) is 6.07 Å². The first-order valence-electron chi connectivity index (χ1n) is 8.51. The van der Waals surface area contributed by atoms with Gasteiger partial charge in [0.2, 0.25) is 0 Å². The number of piperidine rings is 1. The number of hydrogen-bond acceptors (Lipinski definition) is 4. The second kappa shape index (κ2) is 6.53. The lowest BCUT2D eigenvalue weighted by molar-refractivity contribution is -0.384. The van der Waals surface area contributed by atoms with Gasteiger partial charge in [-0.05, 0) is 42.8 Å². The molecule has 1 aromatic carbocycles. The molecule has 0 saturated carbocycles. The van der Waals surface area contributed by atoms with Crippen LogP contribution in [0.15, 0.2) is 47.3 Å². The van der Waals surface area contributed by atoms with Gasteiger partial charge in [-0.3, -0.25) is 14.9 Å². The number of thiocarbonyl (C=S) groups is 1. The van der Waals surface area contributed by atoms with Crippen LogP contribution in [0.3, 0.4) is 0 Å². The molecule has 134 valence electrons. The van der Waals surface area contributed by atoms with Crippen LogP contribution < -0.4 is 10.9 Å². The summed E-state index contributed by atoms with van der Waals surface area (Å²) in [4.78, 5) is 24.5. The molecule has 7 nitrogen and oxygen atoms in total. The lowest BCUT2D eigenvalue weighted by Crippen LogP contribution is -2.50. The van der Waals surface area contributed by atoms with Crippen molar-refractivity contribution in [1.29, 1.82) is 0 Å². The Morgan fingerprint density at radius 2 is 1.92 bits per heavy atom.